The monoisotopic (exact) mass is 310 g/mol. The normalized spacial score (nSPS) is 21.7. The number of rotatable bonds is 3. The van der Waals surface area contributed by atoms with Crippen LogP contribution in [-0.2, 0) is 12.0 Å². The van der Waals surface area contributed by atoms with E-state index >= 15 is 0 Å². The summed E-state index contributed by atoms with van der Waals surface area (Å²) >= 11 is 0. The van der Waals surface area contributed by atoms with Crippen molar-refractivity contribution < 1.29 is 0 Å². The number of hydrogen-bond donors (Lipinski definition) is 1. The SMILES string of the molecule is CC(N)C1CCCN(Cc2ccc(C(C)(C)C)cc2)C1.Cl. The fourth-order valence-electron chi connectivity index (χ4n) is 3.03. The molecule has 0 saturated carbocycles. The summed E-state index contributed by atoms with van der Waals surface area (Å²) in [7, 11) is 0. The molecule has 21 heavy (non-hydrogen) atoms. The van der Waals surface area contributed by atoms with Gasteiger partial charge < -0.3 is 5.73 Å². The van der Waals surface area contributed by atoms with Crippen LogP contribution in [0.3, 0.4) is 0 Å². The lowest BCUT2D eigenvalue weighted by Gasteiger charge is -2.34. The Bertz CT molecular complexity index is 420. The Labute approximate surface area is 136 Å². The Morgan fingerprint density at radius 3 is 2.38 bits per heavy atom. The number of halogens is 1. The lowest BCUT2D eigenvalue weighted by molar-refractivity contribution is 0.154. The van der Waals surface area contributed by atoms with Crippen LogP contribution in [0.5, 0.6) is 0 Å². The molecular formula is C18H31ClN2. The summed E-state index contributed by atoms with van der Waals surface area (Å²) in [6.45, 7) is 12.4. The third kappa shape index (κ3) is 5.28. The highest BCUT2D eigenvalue weighted by Crippen LogP contribution is 2.24. The molecule has 0 radical (unpaired) electrons. The summed E-state index contributed by atoms with van der Waals surface area (Å²) in [6.07, 6.45) is 2.57. The van der Waals surface area contributed by atoms with Crippen molar-refractivity contribution in [2.24, 2.45) is 11.7 Å². The van der Waals surface area contributed by atoms with Crippen LogP contribution < -0.4 is 5.73 Å². The van der Waals surface area contributed by atoms with Crippen molar-refractivity contribution >= 4 is 12.4 Å². The Kier molecular flexibility index (Phi) is 6.71. The Morgan fingerprint density at radius 1 is 1.24 bits per heavy atom. The molecule has 0 bridgehead atoms. The molecule has 3 heteroatoms. The van der Waals surface area contributed by atoms with Crippen molar-refractivity contribution in [1.29, 1.82) is 0 Å². The average Bonchev–Trinajstić information content (AvgIpc) is 2.38. The molecule has 0 spiro atoms. The van der Waals surface area contributed by atoms with Gasteiger partial charge in [0, 0.05) is 19.1 Å². The van der Waals surface area contributed by atoms with Crippen molar-refractivity contribution in [3.05, 3.63) is 35.4 Å². The van der Waals surface area contributed by atoms with Crippen LogP contribution in [0, 0.1) is 5.92 Å². The minimum Gasteiger partial charge on any atom is -0.328 e. The summed E-state index contributed by atoms with van der Waals surface area (Å²) in [5, 5.41) is 0. The van der Waals surface area contributed by atoms with Gasteiger partial charge in [0.2, 0.25) is 0 Å². The van der Waals surface area contributed by atoms with Crippen LogP contribution in [0.2, 0.25) is 0 Å². The highest BCUT2D eigenvalue weighted by atomic mass is 35.5. The first kappa shape index (κ1) is 18.5. The summed E-state index contributed by atoms with van der Waals surface area (Å²) in [6, 6.07) is 9.46. The van der Waals surface area contributed by atoms with Crippen molar-refractivity contribution in [2.75, 3.05) is 13.1 Å². The highest BCUT2D eigenvalue weighted by molar-refractivity contribution is 5.85. The Hall–Kier alpha value is -0.570. The molecule has 0 aliphatic carbocycles. The summed E-state index contributed by atoms with van der Waals surface area (Å²) < 4.78 is 0. The molecule has 2 unspecified atom stereocenters. The molecule has 0 amide bonds. The fourth-order valence-corrected chi connectivity index (χ4v) is 3.03. The zero-order chi connectivity index (χ0) is 14.8. The molecule has 1 fully saturated rings. The van der Waals surface area contributed by atoms with E-state index in [0.717, 1.165) is 13.1 Å². The fraction of sp³-hybridized carbons (Fsp3) is 0.667. The molecule has 120 valence electrons. The van der Waals surface area contributed by atoms with E-state index in [1.165, 1.54) is 30.5 Å². The van der Waals surface area contributed by atoms with E-state index in [4.69, 9.17) is 5.73 Å². The number of nitrogens with zero attached hydrogens (tertiary/aromatic N) is 1. The lowest BCUT2D eigenvalue weighted by atomic mass is 9.86. The molecule has 1 aromatic rings. The van der Waals surface area contributed by atoms with Crippen LogP contribution in [0.25, 0.3) is 0 Å². The first-order chi connectivity index (χ1) is 9.36. The number of piperidine rings is 1. The molecule has 1 saturated heterocycles. The topological polar surface area (TPSA) is 29.3 Å². The van der Waals surface area contributed by atoms with Crippen LogP contribution in [0.15, 0.2) is 24.3 Å². The molecule has 1 heterocycles. The van der Waals surface area contributed by atoms with Gasteiger partial charge in [-0.15, -0.1) is 12.4 Å². The van der Waals surface area contributed by atoms with Crippen LogP contribution >= 0.6 is 12.4 Å². The Balaban J connectivity index is 0.00000220. The third-order valence-corrected chi connectivity index (χ3v) is 4.51. The van der Waals surface area contributed by atoms with Gasteiger partial charge >= 0.3 is 0 Å². The van der Waals surface area contributed by atoms with Crippen molar-refractivity contribution in [1.82, 2.24) is 4.90 Å². The maximum Gasteiger partial charge on any atom is 0.0233 e. The van der Waals surface area contributed by atoms with Crippen molar-refractivity contribution in [3.8, 4) is 0 Å². The summed E-state index contributed by atoms with van der Waals surface area (Å²) in [4.78, 5) is 2.56. The van der Waals surface area contributed by atoms with E-state index in [1.54, 1.807) is 0 Å². The summed E-state index contributed by atoms with van der Waals surface area (Å²) in [5.74, 6) is 0.664. The molecule has 0 aromatic heterocycles. The van der Waals surface area contributed by atoms with Crippen molar-refractivity contribution in [2.45, 2.75) is 58.5 Å². The maximum atomic E-state index is 6.06. The Morgan fingerprint density at radius 2 is 1.86 bits per heavy atom. The van der Waals surface area contributed by atoms with E-state index in [1.807, 2.05) is 0 Å². The second-order valence-electron chi connectivity index (χ2n) is 7.44. The van der Waals surface area contributed by atoms with Gasteiger partial charge in [0.1, 0.15) is 0 Å². The predicted molar refractivity (Wildman–Crippen MR) is 94.0 cm³/mol. The van der Waals surface area contributed by atoms with E-state index in [0.29, 0.717) is 12.0 Å². The van der Waals surface area contributed by atoms with Gasteiger partial charge in [0.15, 0.2) is 0 Å². The number of benzene rings is 1. The van der Waals surface area contributed by atoms with Crippen LogP contribution in [-0.4, -0.2) is 24.0 Å². The van der Waals surface area contributed by atoms with Crippen LogP contribution in [0.4, 0.5) is 0 Å². The zero-order valence-corrected chi connectivity index (χ0v) is 14.7. The average molecular weight is 311 g/mol. The van der Waals surface area contributed by atoms with Gasteiger partial charge in [-0.05, 0) is 48.8 Å². The van der Waals surface area contributed by atoms with Gasteiger partial charge in [-0.3, -0.25) is 4.90 Å². The number of hydrogen-bond acceptors (Lipinski definition) is 2. The first-order valence-corrected chi connectivity index (χ1v) is 7.93. The molecule has 2 rings (SSSR count). The standard InChI is InChI=1S/C18H30N2.ClH/c1-14(19)16-6-5-11-20(13-16)12-15-7-9-17(10-8-15)18(2,3)4;/h7-10,14,16H,5-6,11-13,19H2,1-4H3;1H. The van der Waals surface area contributed by atoms with E-state index in [9.17, 15) is 0 Å². The van der Waals surface area contributed by atoms with E-state index < -0.39 is 0 Å². The quantitative estimate of drug-likeness (QED) is 0.915. The van der Waals surface area contributed by atoms with Gasteiger partial charge in [-0.2, -0.15) is 0 Å². The third-order valence-electron chi connectivity index (χ3n) is 4.51. The minimum absolute atomic E-state index is 0. The molecule has 1 aliphatic rings. The highest BCUT2D eigenvalue weighted by Gasteiger charge is 2.22. The van der Waals surface area contributed by atoms with Crippen LogP contribution in [0.1, 0.15) is 51.7 Å². The molecular weight excluding hydrogens is 280 g/mol. The van der Waals surface area contributed by atoms with Gasteiger partial charge in [-0.25, -0.2) is 0 Å². The maximum absolute atomic E-state index is 6.06. The summed E-state index contributed by atoms with van der Waals surface area (Å²) in [5.41, 5.74) is 9.13. The zero-order valence-electron chi connectivity index (χ0n) is 13.9. The lowest BCUT2D eigenvalue weighted by Crippen LogP contribution is -2.41. The van der Waals surface area contributed by atoms with Gasteiger partial charge in [0.05, 0.1) is 0 Å². The molecule has 2 nitrogen and oxygen atoms in total. The second kappa shape index (κ2) is 7.62. The second-order valence-corrected chi connectivity index (χ2v) is 7.44. The van der Waals surface area contributed by atoms with E-state index in [-0.39, 0.29) is 17.8 Å². The molecule has 1 aromatic carbocycles. The minimum atomic E-state index is 0. The smallest absolute Gasteiger partial charge is 0.0233 e. The van der Waals surface area contributed by atoms with Gasteiger partial charge in [0.25, 0.3) is 0 Å². The van der Waals surface area contributed by atoms with Gasteiger partial charge in [-0.1, -0.05) is 45.0 Å². The van der Waals surface area contributed by atoms with Crippen molar-refractivity contribution in [3.63, 3.8) is 0 Å². The first-order valence-electron chi connectivity index (χ1n) is 7.93. The molecule has 2 atom stereocenters. The van der Waals surface area contributed by atoms with E-state index in [2.05, 4.69) is 56.9 Å². The largest absolute Gasteiger partial charge is 0.328 e. The molecule has 2 N–H and O–H groups in total. The number of nitrogens with two attached hydrogens (primary N) is 1. The molecule has 1 aliphatic heterocycles. The number of likely N-dealkylation sites (tertiary alicyclic amines) is 1. The predicted octanol–water partition coefficient (Wildman–Crippen LogP) is 3.97.